The van der Waals surface area contributed by atoms with Crippen LogP contribution >= 0.6 is 0 Å². The van der Waals surface area contributed by atoms with Gasteiger partial charge in [0.25, 0.3) is 0 Å². The highest BCUT2D eigenvalue weighted by Gasteiger charge is 2.10. The van der Waals surface area contributed by atoms with Gasteiger partial charge in [0.05, 0.1) is 19.3 Å². The highest BCUT2D eigenvalue weighted by Crippen LogP contribution is 2.22. The molecule has 0 heterocycles. The van der Waals surface area contributed by atoms with Gasteiger partial charge in [0.2, 0.25) is 0 Å². The van der Waals surface area contributed by atoms with Crippen molar-refractivity contribution >= 4 is 0 Å². The number of aryl methyl sites for hydroxylation is 1. The van der Waals surface area contributed by atoms with Crippen LogP contribution in [0.5, 0.6) is 11.5 Å². The van der Waals surface area contributed by atoms with Crippen molar-refractivity contribution in [2.75, 3.05) is 19.7 Å². The number of nitrogens with one attached hydrogen (secondary N) is 1. The summed E-state index contributed by atoms with van der Waals surface area (Å²) >= 11 is 0. The third kappa shape index (κ3) is 8.15. The van der Waals surface area contributed by atoms with E-state index in [9.17, 15) is 20.4 Å². The number of rotatable bonds is 14. The second-order valence-electron chi connectivity index (χ2n) is 8.47. The summed E-state index contributed by atoms with van der Waals surface area (Å²) in [7, 11) is 0. The number of ether oxygens (including phenoxy) is 1. The molecule has 182 valence electrons. The van der Waals surface area contributed by atoms with E-state index >= 15 is 0 Å². The van der Waals surface area contributed by atoms with Crippen LogP contribution in [0.25, 0.3) is 0 Å². The Morgan fingerprint density at radius 2 is 1.59 bits per heavy atom. The van der Waals surface area contributed by atoms with Crippen LogP contribution in [0.4, 0.5) is 0 Å². The maximum Gasteiger partial charge on any atom is 0.121 e. The number of hydrogen-bond acceptors (Lipinski definition) is 6. The first-order chi connectivity index (χ1) is 16.6. The van der Waals surface area contributed by atoms with Crippen LogP contribution < -0.4 is 5.32 Å². The molecule has 3 aromatic carbocycles. The minimum atomic E-state index is -0.712. The van der Waals surface area contributed by atoms with E-state index in [0.29, 0.717) is 36.6 Å². The van der Waals surface area contributed by atoms with Crippen LogP contribution in [0, 0.1) is 0 Å². The largest absolute Gasteiger partial charge is 0.508 e. The van der Waals surface area contributed by atoms with E-state index in [1.807, 2.05) is 24.3 Å². The monoisotopic (exact) mass is 465 g/mol. The van der Waals surface area contributed by atoms with E-state index in [-0.39, 0.29) is 12.4 Å². The lowest BCUT2D eigenvalue weighted by molar-refractivity contribution is 0.117. The number of benzene rings is 3. The zero-order valence-corrected chi connectivity index (χ0v) is 19.5. The fourth-order valence-corrected chi connectivity index (χ4v) is 3.84. The van der Waals surface area contributed by atoms with E-state index in [1.165, 1.54) is 11.6 Å². The SMILES string of the molecule is OCc1cc(C(O)CNCCc2cccc(COCCCCc3ccccc3O)c2)ccc1O. The van der Waals surface area contributed by atoms with Gasteiger partial charge in [-0.05, 0) is 72.7 Å². The first kappa shape index (κ1) is 25.7. The predicted octanol–water partition coefficient (Wildman–Crippen LogP) is 4.00. The van der Waals surface area contributed by atoms with Gasteiger partial charge in [-0.15, -0.1) is 0 Å². The molecule has 3 aromatic rings. The topological polar surface area (TPSA) is 102 Å². The molecule has 1 unspecified atom stereocenters. The molecule has 0 fully saturated rings. The van der Waals surface area contributed by atoms with Crippen molar-refractivity contribution in [2.24, 2.45) is 0 Å². The van der Waals surface area contributed by atoms with Gasteiger partial charge in [0.1, 0.15) is 11.5 Å². The van der Waals surface area contributed by atoms with Crippen molar-refractivity contribution in [3.63, 3.8) is 0 Å². The summed E-state index contributed by atoms with van der Waals surface area (Å²) in [5, 5.41) is 42.3. The van der Waals surface area contributed by atoms with Crippen LogP contribution in [0.1, 0.15) is 46.8 Å². The summed E-state index contributed by atoms with van der Waals surface area (Å²) in [6.45, 7) is 2.10. The zero-order valence-electron chi connectivity index (χ0n) is 19.5. The number of para-hydroxylation sites is 1. The van der Waals surface area contributed by atoms with Gasteiger partial charge in [-0.25, -0.2) is 0 Å². The summed E-state index contributed by atoms with van der Waals surface area (Å²) in [4.78, 5) is 0. The van der Waals surface area contributed by atoms with Crippen molar-refractivity contribution in [1.82, 2.24) is 5.32 Å². The van der Waals surface area contributed by atoms with Crippen molar-refractivity contribution < 1.29 is 25.2 Å². The average Bonchev–Trinajstić information content (AvgIpc) is 2.85. The molecule has 0 saturated carbocycles. The lowest BCUT2D eigenvalue weighted by atomic mass is 10.0. The van der Waals surface area contributed by atoms with Gasteiger partial charge < -0.3 is 30.5 Å². The van der Waals surface area contributed by atoms with Crippen LogP contribution in [-0.4, -0.2) is 40.1 Å². The highest BCUT2D eigenvalue weighted by molar-refractivity contribution is 5.36. The Morgan fingerprint density at radius 1 is 0.794 bits per heavy atom. The van der Waals surface area contributed by atoms with Crippen molar-refractivity contribution in [3.05, 3.63) is 94.5 Å². The summed E-state index contributed by atoms with van der Waals surface area (Å²) in [6, 6.07) is 20.6. The molecule has 0 amide bonds. The Morgan fingerprint density at radius 3 is 2.41 bits per heavy atom. The molecule has 34 heavy (non-hydrogen) atoms. The van der Waals surface area contributed by atoms with Gasteiger partial charge in [-0.1, -0.05) is 48.5 Å². The molecule has 0 bridgehead atoms. The molecule has 0 aliphatic carbocycles. The maximum atomic E-state index is 10.4. The van der Waals surface area contributed by atoms with E-state index in [4.69, 9.17) is 4.74 Å². The molecule has 0 spiro atoms. The average molecular weight is 466 g/mol. The second kappa shape index (κ2) is 13.7. The Labute approximate surface area is 201 Å². The number of phenolic OH excluding ortho intramolecular Hbond substituents is 1. The molecule has 0 aromatic heterocycles. The molecular formula is C28H35NO5. The smallest absolute Gasteiger partial charge is 0.121 e. The molecule has 0 aliphatic heterocycles. The van der Waals surface area contributed by atoms with Crippen LogP contribution in [0.3, 0.4) is 0 Å². The van der Waals surface area contributed by atoms with Crippen molar-refractivity contribution in [3.8, 4) is 11.5 Å². The van der Waals surface area contributed by atoms with Crippen LogP contribution in [0.2, 0.25) is 0 Å². The summed E-state index contributed by atoms with van der Waals surface area (Å²) in [6.07, 6.45) is 2.89. The molecule has 0 radical (unpaired) electrons. The number of aliphatic hydroxyl groups is 2. The standard InChI is InChI=1S/C28H35NO5/c30-19-25-17-24(11-12-27(25)32)28(33)18-29-14-13-21-6-5-7-22(16-21)20-34-15-4-3-9-23-8-1-2-10-26(23)31/h1-2,5-8,10-12,16-17,28-33H,3-4,9,13-15,18-20H2. The third-order valence-corrected chi connectivity index (χ3v) is 5.82. The fourth-order valence-electron chi connectivity index (χ4n) is 3.84. The molecular weight excluding hydrogens is 430 g/mol. The second-order valence-corrected chi connectivity index (χ2v) is 8.47. The minimum Gasteiger partial charge on any atom is -0.508 e. The minimum absolute atomic E-state index is 0.0303. The number of aliphatic hydroxyl groups excluding tert-OH is 2. The summed E-state index contributed by atoms with van der Waals surface area (Å²) in [5.74, 6) is 0.392. The Balaban J connectivity index is 1.32. The maximum absolute atomic E-state index is 10.4. The quantitative estimate of drug-likeness (QED) is 0.231. The Bertz CT molecular complexity index is 1020. The predicted molar refractivity (Wildman–Crippen MR) is 133 cm³/mol. The molecule has 1 atom stereocenters. The number of aromatic hydroxyl groups is 2. The first-order valence-corrected chi connectivity index (χ1v) is 11.8. The van der Waals surface area contributed by atoms with Gasteiger partial charge in [-0.2, -0.15) is 0 Å². The first-order valence-electron chi connectivity index (χ1n) is 11.8. The molecule has 0 saturated heterocycles. The van der Waals surface area contributed by atoms with Gasteiger partial charge >= 0.3 is 0 Å². The van der Waals surface area contributed by atoms with Gasteiger partial charge in [-0.3, -0.25) is 0 Å². The lowest BCUT2D eigenvalue weighted by Crippen LogP contribution is -2.23. The fraction of sp³-hybridized carbons (Fsp3) is 0.357. The molecule has 0 aliphatic rings. The Kier molecular flexibility index (Phi) is 10.4. The molecule has 6 nitrogen and oxygen atoms in total. The number of hydrogen-bond donors (Lipinski definition) is 5. The normalized spacial score (nSPS) is 12.1. The highest BCUT2D eigenvalue weighted by atomic mass is 16.5. The number of phenols is 2. The van der Waals surface area contributed by atoms with Crippen molar-refractivity contribution in [2.45, 2.75) is 45.0 Å². The Hall–Kier alpha value is -2.90. The molecule has 3 rings (SSSR count). The van der Waals surface area contributed by atoms with Gasteiger partial charge in [0.15, 0.2) is 0 Å². The van der Waals surface area contributed by atoms with E-state index in [2.05, 4.69) is 23.5 Å². The summed E-state index contributed by atoms with van der Waals surface area (Å²) < 4.78 is 5.83. The third-order valence-electron chi connectivity index (χ3n) is 5.82. The van der Waals surface area contributed by atoms with E-state index in [0.717, 1.165) is 43.4 Å². The van der Waals surface area contributed by atoms with E-state index in [1.54, 1.807) is 18.2 Å². The zero-order chi connectivity index (χ0) is 24.2. The van der Waals surface area contributed by atoms with Crippen molar-refractivity contribution in [1.29, 1.82) is 0 Å². The summed E-state index contributed by atoms with van der Waals surface area (Å²) in [5.41, 5.74) is 4.39. The van der Waals surface area contributed by atoms with Gasteiger partial charge in [0, 0.05) is 18.7 Å². The lowest BCUT2D eigenvalue weighted by Gasteiger charge is -2.14. The van der Waals surface area contributed by atoms with Crippen LogP contribution in [-0.2, 0) is 30.8 Å². The number of unbranched alkanes of at least 4 members (excludes halogenated alkanes) is 1. The molecule has 5 N–H and O–H groups in total. The van der Waals surface area contributed by atoms with Crippen LogP contribution in [0.15, 0.2) is 66.7 Å². The molecule has 6 heteroatoms. The van der Waals surface area contributed by atoms with E-state index < -0.39 is 6.10 Å².